The molecule has 4 aromatic carbocycles. The molecule has 1 heterocycles. The van der Waals surface area contributed by atoms with E-state index < -0.39 is 0 Å². The van der Waals surface area contributed by atoms with Gasteiger partial charge in [0.15, 0.2) is 0 Å². The van der Waals surface area contributed by atoms with Crippen molar-refractivity contribution in [1.82, 2.24) is 0 Å². The summed E-state index contributed by atoms with van der Waals surface area (Å²) in [6, 6.07) is 23.6. The Kier molecular flexibility index (Phi) is 5.81. The van der Waals surface area contributed by atoms with Gasteiger partial charge in [0.1, 0.15) is 0 Å². The number of carbonyl (C=O) groups is 1. The van der Waals surface area contributed by atoms with Crippen molar-refractivity contribution in [3.8, 4) is 0 Å². The minimum atomic E-state index is -0.281. The number of halogens is 2. The predicted octanol–water partition coefficient (Wildman–Crippen LogP) is 8.20. The molecule has 2 atom stereocenters. The van der Waals surface area contributed by atoms with Gasteiger partial charge in [0, 0.05) is 40.0 Å². The molecule has 1 amide bonds. The van der Waals surface area contributed by atoms with Crippen LogP contribution in [0.4, 0.5) is 11.4 Å². The zero-order valence-electron chi connectivity index (χ0n) is 20.4. The number of nitrogens with zero attached hydrogens (tertiary/aromatic N) is 1. The molecule has 4 aromatic rings. The topological polar surface area (TPSA) is 32.3 Å². The fourth-order valence-corrected chi connectivity index (χ4v) is 7.27. The molecule has 1 aliphatic carbocycles. The molecule has 5 heteroatoms. The summed E-state index contributed by atoms with van der Waals surface area (Å²) in [5, 5.41) is 5.70. The minimum absolute atomic E-state index is 0.0189. The monoisotopic (exact) mass is 600 g/mol. The Morgan fingerprint density at radius 1 is 0.889 bits per heavy atom. The van der Waals surface area contributed by atoms with Gasteiger partial charge in [-0.2, -0.15) is 0 Å². The lowest BCUT2D eigenvalue weighted by molar-refractivity contribution is -0.117. The molecular weight excluding hydrogens is 576 g/mol. The van der Waals surface area contributed by atoms with Gasteiger partial charge in [-0.1, -0.05) is 82.2 Å². The summed E-state index contributed by atoms with van der Waals surface area (Å²) < 4.78 is 1.92. The lowest BCUT2D eigenvalue weighted by Crippen LogP contribution is -2.21. The van der Waals surface area contributed by atoms with E-state index in [2.05, 4.69) is 130 Å². The average Bonchev–Trinajstić information content (AvgIpc) is 3.39. The van der Waals surface area contributed by atoms with E-state index in [9.17, 15) is 4.79 Å². The van der Waals surface area contributed by atoms with Gasteiger partial charge in [-0.3, -0.25) is 4.79 Å². The average molecular weight is 602 g/mol. The van der Waals surface area contributed by atoms with E-state index in [-0.39, 0.29) is 17.7 Å². The molecule has 1 N–H and O–H groups in total. The van der Waals surface area contributed by atoms with Crippen LogP contribution in [-0.2, 0) is 11.2 Å². The van der Waals surface area contributed by atoms with Crippen molar-refractivity contribution < 1.29 is 4.79 Å². The standard InChI is InChI=1S/C31H26Br2N2O/c1-17-24(32)16-25(33)30-27(17)29(31(36)34-30)28-20(14-18-8-4-5-10-22(18)28)15-19-12-13-26(35(2)3)23-11-7-6-9-21(19)23/h4-14,16,28-29H,15H2,1-3H3,(H,34,36). The molecule has 180 valence electrons. The highest BCUT2D eigenvalue weighted by Crippen LogP contribution is 2.54. The van der Waals surface area contributed by atoms with Crippen molar-refractivity contribution in [3.63, 3.8) is 0 Å². The first-order valence-corrected chi connectivity index (χ1v) is 13.7. The lowest BCUT2D eigenvalue weighted by atomic mass is 9.77. The second-order valence-corrected chi connectivity index (χ2v) is 11.6. The lowest BCUT2D eigenvalue weighted by Gasteiger charge is -2.25. The van der Waals surface area contributed by atoms with Crippen molar-refractivity contribution >= 4 is 66.0 Å². The van der Waals surface area contributed by atoms with Gasteiger partial charge >= 0.3 is 0 Å². The smallest absolute Gasteiger partial charge is 0.233 e. The Hall–Kier alpha value is -2.89. The summed E-state index contributed by atoms with van der Waals surface area (Å²) in [4.78, 5) is 15.8. The predicted molar refractivity (Wildman–Crippen MR) is 157 cm³/mol. The number of rotatable bonds is 4. The highest BCUT2D eigenvalue weighted by molar-refractivity contribution is 9.11. The Bertz CT molecular complexity index is 1590. The van der Waals surface area contributed by atoms with Crippen molar-refractivity contribution in [2.24, 2.45) is 0 Å². The van der Waals surface area contributed by atoms with Crippen LogP contribution in [0.5, 0.6) is 0 Å². The SMILES string of the molecule is Cc1c(Br)cc(Br)c2c1C(C1C(Cc3ccc(N(C)C)c4ccccc34)=Cc3ccccc31)C(=O)N2. The van der Waals surface area contributed by atoms with Gasteiger partial charge in [-0.05, 0) is 74.6 Å². The van der Waals surface area contributed by atoms with Crippen molar-refractivity contribution in [2.75, 3.05) is 24.3 Å². The van der Waals surface area contributed by atoms with Gasteiger partial charge in [0.2, 0.25) is 5.91 Å². The molecule has 2 unspecified atom stereocenters. The van der Waals surface area contributed by atoms with Crippen molar-refractivity contribution in [1.29, 1.82) is 0 Å². The maximum Gasteiger partial charge on any atom is 0.233 e. The highest BCUT2D eigenvalue weighted by Gasteiger charge is 2.44. The van der Waals surface area contributed by atoms with Crippen molar-refractivity contribution in [3.05, 3.63) is 109 Å². The van der Waals surface area contributed by atoms with Crippen molar-refractivity contribution in [2.45, 2.75) is 25.2 Å². The molecular formula is C31H26Br2N2O. The molecule has 2 aliphatic rings. The van der Waals surface area contributed by atoms with E-state index in [0.29, 0.717) is 0 Å². The summed E-state index contributed by atoms with van der Waals surface area (Å²) in [6.07, 6.45) is 3.10. The molecule has 0 radical (unpaired) electrons. The Morgan fingerprint density at radius 2 is 1.61 bits per heavy atom. The summed E-state index contributed by atoms with van der Waals surface area (Å²) in [5.74, 6) is -0.238. The molecule has 0 fully saturated rings. The summed E-state index contributed by atoms with van der Waals surface area (Å²) in [6.45, 7) is 2.10. The number of hydrogen-bond acceptors (Lipinski definition) is 2. The number of anilines is 2. The maximum absolute atomic E-state index is 13.6. The van der Waals surface area contributed by atoms with Crippen LogP contribution in [0.25, 0.3) is 16.8 Å². The second-order valence-electron chi connectivity index (χ2n) is 9.91. The number of benzene rings is 4. The second kappa shape index (κ2) is 8.89. The molecule has 0 bridgehead atoms. The van der Waals surface area contributed by atoms with Crippen LogP contribution in [0.3, 0.4) is 0 Å². The molecule has 0 saturated carbocycles. The quantitative estimate of drug-likeness (QED) is 0.256. The zero-order valence-corrected chi connectivity index (χ0v) is 23.6. The Balaban J connectivity index is 1.50. The largest absolute Gasteiger partial charge is 0.377 e. The fraction of sp³-hybridized carbons (Fsp3) is 0.194. The molecule has 3 nitrogen and oxygen atoms in total. The van der Waals surface area contributed by atoms with E-state index in [1.54, 1.807) is 0 Å². The van der Waals surface area contributed by atoms with Crippen LogP contribution >= 0.6 is 31.9 Å². The van der Waals surface area contributed by atoms with E-state index >= 15 is 0 Å². The van der Waals surface area contributed by atoms with E-state index in [0.717, 1.165) is 32.2 Å². The van der Waals surface area contributed by atoms with Gasteiger partial charge < -0.3 is 10.2 Å². The van der Waals surface area contributed by atoms with Crippen LogP contribution in [0.15, 0.2) is 81.2 Å². The van der Waals surface area contributed by atoms with E-state index in [1.807, 2.05) is 6.07 Å². The zero-order chi connectivity index (χ0) is 25.1. The third kappa shape index (κ3) is 3.63. The number of allylic oxidation sites excluding steroid dienone is 1. The molecule has 0 saturated heterocycles. The summed E-state index contributed by atoms with van der Waals surface area (Å²) >= 11 is 7.39. The van der Waals surface area contributed by atoms with Crippen LogP contribution in [0.2, 0.25) is 0 Å². The summed E-state index contributed by atoms with van der Waals surface area (Å²) in [7, 11) is 4.17. The number of nitrogens with one attached hydrogen (secondary N) is 1. The van der Waals surface area contributed by atoms with Gasteiger partial charge in [-0.15, -0.1) is 0 Å². The number of hydrogen-bond donors (Lipinski definition) is 1. The molecule has 0 aromatic heterocycles. The number of amides is 1. The van der Waals surface area contributed by atoms with Gasteiger partial charge in [0.05, 0.1) is 11.6 Å². The first-order valence-electron chi connectivity index (χ1n) is 12.1. The van der Waals surface area contributed by atoms with Crippen LogP contribution < -0.4 is 10.2 Å². The molecule has 1 aliphatic heterocycles. The fourth-order valence-electron chi connectivity index (χ4n) is 5.98. The highest BCUT2D eigenvalue weighted by atomic mass is 79.9. The van der Waals surface area contributed by atoms with Crippen LogP contribution in [0.1, 0.15) is 39.7 Å². The molecule has 6 rings (SSSR count). The number of carbonyl (C=O) groups excluding carboxylic acids is 1. The summed E-state index contributed by atoms with van der Waals surface area (Å²) in [5.41, 5.74) is 9.31. The Labute approximate surface area is 228 Å². The van der Waals surface area contributed by atoms with Gasteiger partial charge in [0.25, 0.3) is 0 Å². The normalized spacial score (nSPS) is 18.1. The molecule has 0 spiro atoms. The maximum atomic E-state index is 13.6. The first-order chi connectivity index (χ1) is 17.3. The van der Waals surface area contributed by atoms with E-state index in [4.69, 9.17) is 0 Å². The van der Waals surface area contributed by atoms with Crippen LogP contribution in [0, 0.1) is 6.92 Å². The third-order valence-electron chi connectivity index (χ3n) is 7.64. The molecule has 36 heavy (non-hydrogen) atoms. The number of fused-ring (bicyclic) bond motifs is 3. The van der Waals surface area contributed by atoms with E-state index in [1.165, 1.54) is 38.7 Å². The minimum Gasteiger partial charge on any atom is -0.377 e. The third-order valence-corrected chi connectivity index (χ3v) is 9.09. The van der Waals surface area contributed by atoms with Crippen LogP contribution in [-0.4, -0.2) is 20.0 Å². The first kappa shape index (κ1) is 23.5. The Morgan fingerprint density at radius 3 is 2.39 bits per heavy atom. The van der Waals surface area contributed by atoms with Gasteiger partial charge in [-0.25, -0.2) is 0 Å².